The first-order valence-corrected chi connectivity index (χ1v) is 6.70. The maximum Gasteiger partial charge on any atom is 0.321 e. The van der Waals surface area contributed by atoms with E-state index in [1.54, 1.807) is 31.2 Å². The van der Waals surface area contributed by atoms with Crippen LogP contribution in [0.5, 0.6) is 0 Å². The van der Waals surface area contributed by atoms with Crippen LogP contribution in [0.15, 0.2) is 24.3 Å². The maximum atomic E-state index is 12.1. The number of anilines is 1. The van der Waals surface area contributed by atoms with E-state index in [2.05, 4.69) is 11.4 Å². The van der Waals surface area contributed by atoms with Gasteiger partial charge in [-0.3, -0.25) is 4.79 Å². The second-order valence-electron chi connectivity index (χ2n) is 5.50. The van der Waals surface area contributed by atoms with Gasteiger partial charge in [0.15, 0.2) is 0 Å². The largest absolute Gasteiger partial charge is 0.481 e. The van der Waals surface area contributed by atoms with E-state index in [1.807, 2.05) is 0 Å². The molecule has 110 valence electrons. The van der Waals surface area contributed by atoms with Crippen LogP contribution in [0.4, 0.5) is 10.5 Å². The van der Waals surface area contributed by atoms with Crippen molar-refractivity contribution in [2.45, 2.75) is 19.8 Å². The third-order valence-electron chi connectivity index (χ3n) is 3.77. The monoisotopic (exact) mass is 287 g/mol. The number of nitrogens with zero attached hydrogens (tertiary/aromatic N) is 2. The molecule has 1 saturated heterocycles. The Morgan fingerprint density at radius 1 is 1.43 bits per heavy atom. The molecule has 1 aromatic carbocycles. The van der Waals surface area contributed by atoms with Crippen LogP contribution in [0.2, 0.25) is 0 Å². The topological polar surface area (TPSA) is 93.4 Å². The Bertz CT molecular complexity index is 591. The van der Waals surface area contributed by atoms with Gasteiger partial charge in [0.2, 0.25) is 0 Å². The molecule has 1 unspecified atom stereocenters. The van der Waals surface area contributed by atoms with E-state index in [1.165, 1.54) is 4.90 Å². The number of carboxylic acids is 1. The van der Waals surface area contributed by atoms with Crippen molar-refractivity contribution in [3.05, 3.63) is 29.8 Å². The molecule has 2 rings (SSSR count). The minimum Gasteiger partial charge on any atom is -0.481 e. The summed E-state index contributed by atoms with van der Waals surface area (Å²) in [6, 6.07) is 8.79. The van der Waals surface area contributed by atoms with E-state index < -0.39 is 11.4 Å². The Hall–Kier alpha value is -2.55. The normalized spacial score (nSPS) is 20.9. The average Bonchev–Trinajstić information content (AvgIpc) is 2.85. The van der Waals surface area contributed by atoms with Gasteiger partial charge < -0.3 is 15.3 Å². The van der Waals surface area contributed by atoms with Crippen LogP contribution in [0.1, 0.15) is 18.9 Å². The maximum absolute atomic E-state index is 12.1. The molecular formula is C15H17N3O3. The highest BCUT2D eigenvalue weighted by Crippen LogP contribution is 2.30. The number of likely N-dealkylation sites (tertiary alicyclic amines) is 1. The van der Waals surface area contributed by atoms with Gasteiger partial charge in [-0.2, -0.15) is 5.26 Å². The Labute approximate surface area is 123 Å². The standard InChI is InChI=1S/C15H17N3O3/c1-15(13(19)20)7-9-18(10-15)14(21)17-12-4-2-11(3-5-12)6-8-16/h2-5H,6-7,9-10H2,1H3,(H,17,21)(H,19,20). The van der Waals surface area contributed by atoms with Gasteiger partial charge >= 0.3 is 12.0 Å². The predicted molar refractivity (Wildman–Crippen MR) is 76.7 cm³/mol. The number of nitrogens with one attached hydrogen (secondary N) is 1. The van der Waals surface area contributed by atoms with Crippen LogP contribution >= 0.6 is 0 Å². The second-order valence-corrected chi connectivity index (χ2v) is 5.50. The fourth-order valence-corrected chi connectivity index (χ4v) is 2.31. The molecule has 21 heavy (non-hydrogen) atoms. The zero-order valence-electron chi connectivity index (χ0n) is 11.8. The highest BCUT2D eigenvalue weighted by Gasteiger charge is 2.42. The Balaban J connectivity index is 1.96. The van der Waals surface area contributed by atoms with E-state index in [4.69, 9.17) is 10.4 Å². The van der Waals surface area contributed by atoms with Crippen molar-refractivity contribution in [1.29, 1.82) is 5.26 Å². The zero-order valence-corrected chi connectivity index (χ0v) is 11.8. The summed E-state index contributed by atoms with van der Waals surface area (Å²) in [6.45, 7) is 2.29. The zero-order chi connectivity index (χ0) is 15.5. The van der Waals surface area contributed by atoms with Crippen LogP contribution in [0.3, 0.4) is 0 Å². The predicted octanol–water partition coefficient (Wildman–Crippen LogP) is 2.08. The molecule has 0 aliphatic carbocycles. The molecule has 6 nitrogen and oxygen atoms in total. The third kappa shape index (κ3) is 3.31. The first kappa shape index (κ1) is 14.9. The number of hydrogen-bond donors (Lipinski definition) is 2. The molecule has 6 heteroatoms. The number of urea groups is 1. The number of aliphatic carboxylic acids is 1. The summed E-state index contributed by atoms with van der Waals surface area (Å²) in [7, 11) is 0. The number of amides is 2. The van der Waals surface area contributed by atoms with Crippen LogP contribution in [0, 0.1) is 16.7 Å². The summed E-state index contributed by atoms with van der Waals surface area (Å²) in [6.07, 6.45) is 0.786. The molecule has 2 N–H and O–H groups in total. The van der Waals surface area contributed by atoms with Crippen LogP contribution in [-0.4, -0.2) is 35.1 Å². The van der Waals surface area contributed by atoms with Crippen molar-refractivity contribution in [3.63, 3.8) is 0 Å². The Morgan fingerprint density at radius 2 is 2.10 bits per heavy atom. The molecule has 1 aliphatic heterocycles. The third-order valence-corrected chi connectivity index (χ3v) is 3.77. The van der Waals surface area contributed by atoms with Gasteiger partial charge in [-0.05, 0) is 31.0 Å². The van der Waals surface area contributed by atoms with E-state index >= 15 is 0 Å². The summed E-state index contributed by atoms with van der Waals surface area (Å²) in [5.41, 5.74) is 0.648. The van der Waals surface area contributed by atoms with Crippen LogP contribution in [-0.2, 0) is 11.2 Å². The number of benzene rings is 1. The number of carbonyl (C=O) groups is 2. The first-order valence-electron chi connectivity index (χ1n) is 6.70. The van der Waals surface area contributed by atoms with Crippen molar-refractivity contribution in [3.8, 4) is 6.07 Å². The van der Waals surface area contributed by atoms with Gasteiger partial charge in [-0.1, -0.05) is 12.1 Å². The summed E-state index contributed by atoms with van der Waals surface area (Å²) < 4.78 is 0. The molecule has 1 aromatic rings. The summed E-state index contributed by atoms with van der Waals surface area (Å²) in [4.78, 5) is 24.8. The molecule has 1 heterocycles. The van der Waals surface area contributed by atoms with Gasteiger partial charge in [-0.15, -0.1) is 0 Å². The lowest BCUT2D eigenvalue weighted by Crippen LogP contribution is -2.37. The molecule has 0 bridgehead atoms. The quantitative estimate of drug-likeness (QED) is 0.890. The molecule has 2 amide bonds. The van der Waals surface area contributed by atoms with E-state index in [-0.39, 0.29) is 12.6 Å². The molecule has 1 aliphatic rings. The minimum absolute atomic E-state index is 0.209. The smallest absolute Gasteiger partial charge is 0.321 e. The molecule has 0 radical (unpaired) electrons. The molecule has 0 spiro atoms. The van der Waals surface area contributed by atoms with E-state index in [9.17, 15) is 9.59 Å². The number of carbonyl (C=O) groups excluding carboxylic acids is 1. The molecule has 1 atom stereocenters. The lowest BCUT2D eigenvalue weighted by molar-refractivity contribution is -0.146. The highest BCUT2D eigenvalue weighted by atomic mass is 16.4. The van der Waals surface area contributed by atoms with Gasteiger partial charge in [-0.25, -0.2) is 4.79 Å². The first-order chi connectivity index (χ1) is 9.94. The fourth-order valence-electron chi connectivity index (χ4n) is 2.31. The van der Waals surface area contributed by atoms with Gasteiger partial charge in [0.25, 0.3) is 0 Å². The van der Waals surface area contributed by atoms with Crippen molar-refractivity contribution in [1.82, 2.24) is 4.90 Å². The number of carboxylic acid groups (broad SMARTS) is 1. The second kappa shape index (κ2) is 5.83. The van der Waals surface area contributed by atoms with Gasteiger partial charge in [0, 0.05) is 18.8 Å². The van der Waals surface area contributed by atoms with Crippen molar-refractivity contribution >= 4 is 17.7 Å². The van der Waals surface area contributed by atoms with Crippen molar-refractivity contribution < 1.29 is 14.7 Å². The summed E-state index contributed by atoms with van der Waals surface area (Å²) in [5, 5.41) is 20.5. The number of nitriles is 1. The number of rotatable bonds is 3. The van der Waals surface area contributed by atoms with E-state index in [0.29, 0.717) is 25.1 Å². The van der Waals surface area contributed by atoms with Gasteiger partial charge in [0.05, 0.1) is 17.9 Å². The van der Waals surface area contributed by atoms with E-state index in [0.717, 1.165) is 5.56 Å². The average molecular weight is 287 g/mol. The van der Waals surface area contributed by atoms with Crippen LogP contribution in [0.25, 0.3) is 0 Å². The van der Waals surface area contributed by atoms with Crippen LogP contribution < -0.4 is 5.32 Å². The molecule has 1 fully saturated rings. The minimum atomic E-state index is -0.876. The highest BCUT2D eigenvalue weighted by molar-refractivity contribution is 5.90. The molecular weight excluding hydrogens is 270 g/mol. The molecule has 0 aromatic heterocycles. The molecule has 0 saturated carbocycles. The Morgan fingerprint density at radius 3 is 2.62 bits per heavy atom. The van der Waals surface area contributed by atoms with Crippen molar-refractivity contribution in [2.24, 2.45) is 5.41 Å². The van der Waals surface area contributed by atoms with Crippen molar-refractivity contribution in [2.75, 3.05) is 18.4 Å². The Kier molecular flexibility index (Phi) is 4.13. The van der Waals surface area contributed by atoms with Gasteiger partial charge in [0.1, 0.15) is 0 Å². The fraction of sp³-hybridized carbons (Fsp3) is 0.400. The summed E-state index contributed by atoms with van der Waals surface area (Å²) in [5.74, 6) is -0.876. The lowest BCUT2D eigenvalue weighted by atomic mass is 9.90. The summed E-state index contributed by atoms with van der Waals surface area (Å²) >= 11 is 0. The lowest BCUT2D eigenvalue weighted by Gasteiger charge is -2.20. The number of hydrogen-bond acceptors (Lipinski definition) is 3. The SMILES string of the molecule is CC1(C(=O)O)CCN(C(=O)Nc2ccc(CC#N)cc2)C1.